The first-order chi connectivity index (χ1) is 40.6. The zero-order valence-corrected chi connectivity index (χ0v) is 45.5. The summed E-state index contributed by atoms with van der Waals surface area (Å²) in [6.07, 6.45) is 5.75. The average molecular weight is 1200 g/mol. The van der Waals surface area contributed by atoms with Gasteiger partial charge in [-0.3, -0.25) is 4.57 Å². The first kappa shape index (κ1) is 42.0. The third-order valence-corrected chi connectivity index (χ3v) is 15.5. The first-order valence-electron chi connectivity index (χ1n) is 29.2. The van der Waals surface area contributed by atoms with Gasteiger partial charge in [0.1, 0.15) is 5.82 Å². The fraction of sp³-hybridized carbons (Fsp3) is 0.0833. The van der Waals surface area contributed by atoms with E-state index in [1.165, 1.54) is 18.2 Å². The van der Waals surface area contributed by atoms with Crippen LogP contribution in [0.15, 0.2) is 219 Å². The summed E-state index contributed by atoms with van der Waals surface area (Å²) in [6.45, 7) is 1.25. The number of ether oxygens (including phenoxy) is 1. The van der Waals surface area contributed by atoms with Crippen molar-refractivity contribution in [1.82, 2.24) is 18.7 Å². The number of hydrogen-bond donors (Lipinski definition) is 0. The van der Waals surface area contributed by atoms with Gasteiger partial charge in [-0.15, -0.1) is 29.7 Å². The Kier molecular flexibility index (Phi) is 9.86. The molecule has 1 aliphatic rings. The number of aromatic nitrogens is 5. The van der Waals surface area contributed by atoms with E-state index in [1.807, 2.05) is 71.4 Å². The summed E-state index contributed by atoms with van der Waals surface area (Å²) < 4.78 is 68.6. The van der Waals surface area contributed by atoms with Crippen molar-refractivity contribution < 1.29 is 38.6 Å². The fourth-order valence-electron chi connectivity index (χ4n) is 12.0. The molecule has 0 unspecified atom stereocenters. The van der Waals surface area contributed by atoms with E-state index in [4.69, 9.17) is 17.9 Å². The molecule has 0 amide bonds. The van der Waals surface area contributed by atoms with Crippen LogP contribution in [-0.4, -0.2) is 18.7 Å². The number of rotatable bonds is 6. The van der Waals surface area contributed by atoms with Crippen molar-refractivity contribution in [3.63, 3.8) is 0 Å². The minimum atomic E-state index is -2.67. The summed E-state index contributed by atoms with van der Waals surface area (Å²) in [4.78, 5) is 4.89. The normalized spacial score (nSPS) is 13.5. The molecule has 0 atom stereocenters. The summed E-state index contributed by atoms with van der Waals surface area (Å²) in [6, 6.07) is 77.9. The molecule has 1 aliphatic heterocycles. The Morgan fingerprint density at radius 2 is 1.08 bits per heavy atom. The van der Waals surface area contributed by atoms with Gasteiger partial charge in [-0.25, -0.2) is 4.98 Å². The second-order valence-corrected chi connectivity index (χ2v) is 21.1. The van der Waals surface area contributed by atoms with Gasteiger partial charge in [0, 0.05) is 63.3 Å². The molecule has 0 radical (unpaired) electrons. The Balaban J connectivity index is 0.00000640. The van der Waals surface area contributed by atoms with Gasteiger partial charge in [-0.1, -0.05) is 166 Å². The molecule has 79 heavy (non-hydrogen) atoms. The van der Waals surface area contributed by atoms with E-state index in [9.17, 15) is 0 Å². The number of benzene rings is 10. The van der Waals surface area contributed by atoms with E-state index < -0.39 is 13.7 Å². The van der Waals surface area contributed by atoms with E-state index in [0.29, 0.717) is 28.3 Å². The van der Waals surface area contributed by atoms with Crippen LogP contribution in [0.1, 0.15) is 45.7 Å². The topological polar surface area (TPSA) is 40.8 Å². The van der Waals surface area contributed by atoms with Crippen LogP contribution in [0.2, 0.25) is 0 Å². The maximum absolute atomic E-state index is 8.88. The summed E-state index contributed by atoms with van der Waals surface area (Å²) in [5, 5.41) is 4.28. The number of fused-ring (bicyclic) bond motifs is 13. The molecular formula is C72H51N5OPt-2. The van der Waals surface area contributed by atoms with Crippen LogP contribution in [0.3, 0.4) is 0 Å². The van der Waals surface area contributed by atoms with Crippen molar-refractivity contribution in [2.75, 3.05) is 0 Å². The molecule has 0 fully saturated rings. The van der Waals surface area contributed by atoms with Crippen LogP contribution in [0, 0.1) is 32.2 Å². The van der Waals surface area contributed by atoms with E-state index in [2.05, 4.69) is 186 Å². The maximum Gasteiger partial charge on any atom is 0.268 e. The van der Waals surface area contributed by atoms with Crippen LogP contribution in [-0.2, 0) is 26.5 Å². The van der Waals surface area contributed by atoms with E-state index in [1.54, 1.807) is 0 Å². The van der Waals surface area contributed by atoms with Gasteiger partial charge in [0.15, 0.2) is 0 Å². The minimum absolute atomic E-state index is 0. The molecule has 0 aliphatic carbocycles. The van der Waals surface area contributed by atoms with Crippen molar-refractivity contribution in [3.8, 4) is 78.9 Å². The minimum Gasteiger partial charge on any atom is -0.510 e. The first-order valence-corrected chi connectivity index (χ1v) is 26.2. The summed E-state index contributed by atoms with van der Waals surface area (Å²) in [7, 11) is 0. The Hall–Kier alpha value is -9.09. The Labute approximate surface area is 481 Å². The summed E-state index contributed by atoms with van der Waals surface area (Å²) >= 11 is 0. The standard InChI is InChI=1S/C72H51N5O.Pt/c1-45-19-16-20-46(2)69(45)47-39-61-55-26-9-7-24-53(55)52-23-6-8-25-54(52)60-30-18-34-65(76-62-31-13-10-27-56(62)57-28-11-14-32-63(57)76)70(60)75-44-74(67(40-47)71(61)75)49-21-17-22-50(42-49)78-51-35-36-59-58-29-12-15-33-64(58)77(66(59)43-51)68-41-48(37-38-73-68)72(3,4)5;/h6-41H,1-5H3;/q-2;/i1D3,2D3;. The molecule has 382 valence electrons. The third kappa shape index (κ3) is 7.64. The molecule has 4 aromatic heterocycles. The van der Waals surface area contributed by atoms with Crippen molar-refractivity contribution in [3.05, 3.63) is 254 Å². The van der Waals surface area contributed by atoms with Gasteiger partial charge < -0.3 is 18.4 Å². The third-order valence-electron chi connectivity index (χ3n) is 15.5. The van der Waals surface area contributed by atoms with Gasteiger partial charge in [0.25, 0.3) is 6.33 Å². The second kappa shape index (κ2) is 18.5. The smallest absolute Gasteiger partial charge is 0.268 e. The SMILES string of the molecule is [2H]C([2H])([2H])c1cccc(C([2H])([2H])[2H])c1-c1cc2c3c(c1)n(-c1[c-]c(Oc4[c-]c5c(cc4)c4ccccc4n5-c4cc(C(C)(C)C)ccn4)ccc1)[c-][n+]3-c1c(cccc1-n1c3ccccc3c3ccccc31)-c1ccccc1-c1ccccc1-2.[Pt]. The molecule has 5 heterocycles. The van der Waals surface area contributed by atoms with Crippen molar-refractivity contribution in [2.24, 2.45) is 0 Å². The Morgan fingerprint density at radius 1 is 0.506 bits per heavy atom. The molecule has 6 nitrogen and oxygen atoms in total. The number of aryl methyl sites for hydroxylation is 2. The number of para-hydroxylation sites is 4. The van der Waals surface area contributed by atoms with Gasteiger partial charge in [0.05, 0.1) is 33.4 Å². The van der Waals surface area contributed by atoms with Crippen molar-refractivity contribution >= 4 is 54.6 Å². The van der Waals surface area contributed by atoms with E-state index >= 15 is 0 Å². The van der Waals surface area contributed by atoms with Crippen molar-refractivity contribution in [1.29, 1.82) is 0 Å². The quantitative estimate of drug-likeness (QED) is 0.123. The summed E-state index contributed by atoms with van der Waals surface area (Å²) in [5.41, 5.74) is 14.4. The number of hydrogen-bond acceptors (Lipinski definition) is 2. The molecular weight excluding hydrogens is 1150 g/mol. The van der Waals surface area contributed by atoms with Gasteiger partial charge in [0.2, 0.25) is 0 Å². The Morgan fingerprint density at radius 3 is 1.75 bits per heavy atom. The Bertz CT molecular complexity index is 4960. The predicted molar refractivity (Wildman–Crippen MR) is 318 cm³/mol. The molecule has 0 bridgehead atoms. The van der Waals surface area contributed by atoms with Crippen LogP contribution >= 0.6 is 0 Å². The molecule has 0 spiro atoms. The number of pyridine rings is 1. The van der Waals surface area contributed by atoms with E-state index in [0.717, 1.165) is 105 Å². The van der Waals surface area contributed by atoms with Gasteiger partial charge >= 0.3 is 0 Å². The second-order valence-electron chi connectivity index (χ2n) is 21.1. The molecule has 0 saturated heterocycles. The molecule has 15 rings (SSSR count). The molecule has 7 heteroatoms. The monoisotopic (exact) mass is 1200 g/mol. The zero-order valence-electron chi connectivity index (χ0n) is 49.2. The van der Waals surface area contributed by atoms with Crippen LogP contribution in [0.5, 0.6) is 11.5 Å². The van der Waals surface area contributed by atoms with Crippen LogP contribution in [0.4, 0.5) is 0 Å². The fourth-order valence-corrected chi connectivity index (χ4v) is 12.0. The number of imidazole rings is 1. The molecule has 14 aromatic rings. The maximum atomic E-state index is 8.88. The van der Waals surface area contributed by atoms with Crippen LogP contribution < -0.4 is 9.30 Å². The number of nitrogens with zero attached hydrogens (tertiary/aromatic N) is 5. The molecule has 0 N–H and O–H groups in total. The average Bonchev–Trinajstić information content (AvgIpc) is 2.25. The van der Waals surface area contributed by atoms with E-state index in [-0.39, 0.29) is 43.2 Å². The molecule has 10 aromatic carbocycles. The van der Waals surface area contributed by atoms with Gasteiger partial charge in [-0.05, 0) is 134 Å². The van der Waals surface area contributed by atoms with Gasteiger partial charge in [-0.2, -0.15) is 18.2 Å². The zero-order chi connectivity index (χ0) is 57.4. The molecule has 0 saturated carbocycles. The summed E-state index contributed by atoms with van der Waals surface area (Å²) in [5.74, 6) is 1.65. The predicted octanol–water partition coefficient (Wildman–Crippen LogP) is 17.6. The van der Waals surface area contributed by atoms with Crippen molar-refractivity contribution in [2.45, 2.75) is 39.9 Å². The largest absolute Gasteiger partial charge is 0.510 e. The van der Waals surface area contributed by atoms with Crippen LogP contribution in [0.25, 0.3) is 122 Å².